The summed E-state index contributed by atoms with van der Waals surface area (Å²) in [6.07, 6.45) is -1.08. The Hall–Kier alpha value is -1.17. The summed E-state index contributed by atoms with van der Waals surface area (Å²) in [5.41, 5.74) is 2.68. The van der Waals surface area contributed by atoms with Gasteiger partial charge in [-0.2, -0.15) is 0 Å². The van der Waals surface area contributed by atoms with Crippen LogP contribution in [0.5, 0.6) is 0 Å². The predicted octanol–water partition coefficient (Wildman–Crippen LogP) is 3.54. The first-order chi connectivity index (χ1) is 9.95. The Morgan fingerprint density at radius 3 is 2.05 bits per heavy atom. The molecule has 0 amide bonds. The molecule has 0 fully saturated rings. The number of benzene rings is 2. The molecular formula is C16H17BrO3S. The van der Waals surface area contributed by atoms with E-state index in [0.29, 0.717) is 5.56 Å². The minimum atomic E-state index is -3.34. The Balaban J connectivity index is 2.23. The van der Waals surface area contributed by atoms with Gasteiger partial charge in [-0.05, 0) is 16.7 Å². The van der Waals surface area contributed by atoms with E-state index in [9.17, 15) is 13.5 Å². The molecule has 112 valence electrons. The molecule has 2 aromatic rings. The first-order valence-corrected chi connectivity index (χ1v) is 9.28. The molecule has 0 bridgehead atoms. The first kappa shape index (κ1) is 16.2. The fourth-order valence-electron chi connectivity index (χ4n) is 2.01. The third-order valence-corrected chi connectivity index (χ3v) is 7.31. The van der Waals surface area contributed by atoms with Crippen molar-refractivity contribution >= 4 is 25.8 Å². The summed E-state index contributed by atoms with van der Waals surface area (Å²) in [5.74, 6) is -0.0118. The largest absolute Gasteiger partial charge is 0.386 e. The van der Waals surface area contributed by atoms with Crippen molar-refractivity contribution in [2.45, 2.75) is 17.2 Å². The highest BCUT2D eigenvalue weighted by molar-refractivity contribution is 9.11. The Labute approximate surface area is 133 Å². The molecule has 0 aliphatic carbocycles. The van der Waals surface area contributed by atoms with E-state index in [0.717, 1.165) is 11.1 Å². The summed E-state index contributed by atoms with van der Waals surface area (Å²) in [4.78, 5) is 0. The minimum Gasteiger partial charge on any atom is -0.386 e. The maximum atomic E-state index is 11.8. The van der Waals surface area contributed by atoms with E-state index in [1.807, 2.05) is 42.5 Å². The van der Waals surface area contributed by atoms with Gasteiger partial charge in [0.25, 0.3) is 0 Å². The van der Waals surface area contributed by atoms with E-state index in [2.05, 4.69) is 15.9 Å². The van der Waals surface area contributed by atoms with Crippen LogP contribution < -0.4 is 0 Å². The van der Waals surface area contributed by atoms with Crippen LogP contribution in [0.1, 0.15) is 18.6 Å². The Bertz CT molecular complexity index is 681. The number of sulfone groups is 1. The van der Waals surface area contributed by atoms with Crippen molar-refractivity contribution in [3.05, 3.63) is 60.2 Å². The molecule has 3 nitrogen and oxygen atoms in total. The van der Waals surface area contributed by atoms with E-state index in [1.165, 1.54) is 0 Å². The van der Waals surface area contributed by atoms with Crippen molar-refractivity contribution in [1.82, 2.24) is 0 Å². The summed E-state index contributed by atoms with van der Waals surface area (Å²) < 4.78 is 22.6. The van der Waals surface area contributed by atoms with Gasteiger partial charge in [0.1, 0.15) is 10.3 Å². The average molecular weight is 369 g/mol. The lowest BCUT2D eigenvalue weighted by Crippen LogP contribution is -2.24. The summed E-state index contributed by atoms with van der Waals surface area (Å²) in [6, 6.07) is 17.1. The van der Waals surface area contributed by atoms with Gasteiger partial charge >= 0.3 is 0 Å². The predicted molar refractivity (Wildman–Crippen MR) is 89.0 cm³/mol. The SMILES string of the molecule is CCS(=O)(=O)[C@@H](Br)[C@@H](O)c1ccc(-c2ccccc2)cc1. The zero-order valence-corrected chi connectivity index (χ0v) is 14.0. The van der Waals surface area contributed by atoms with E-state index in [4.69, 9.17) is 0 Å². The van der Waals surface area contributed by atoms with Gasteiger partial charge in [0.05, 0.1) is 0 Å². The van der Waals surface area contributed by atoms with Gasteiger partial charge in [-0.3, -0.25) is 0 Å². The van der Waals surface area contributed by atoms with Crippen LogP contribution in [-0.2, 0) is 9.84 Å². The number of rotatable bonds is 5. The van der Waals surface area contributed by atoms with Crippen molar-refractivity contribution in [2.24, 2.45) is 0 Å². The molecule has 0 heterocycles. The highest BCUT2D eigenvalue weighted by Gasteiger charge is 2.29. The van der Waals surface area contributed by atoms with Crippen LogP contribution in [0.3, 0.4) is 0 Å². The number of aliphatic hydroxyl groups excluding tert-OH is 1. The summed E-state index contributed by atoms with van der Waals surface area (Å²) in [7, 11) is -3.34. The molecule has 0 saturated carbocycles. The lowest BCUT2D eigenvalue weighted by Gasteiger charge is -2.17. The van der Waals surface area contributed by atoms with Gasteiger partial charge in [0.2, 0.25) is 0 Å². The third-order valence-electron chi connectivity index (χ3n) is 3.35. The summed E-state index contributed by atoms with van der Waals surface area (Å²) in [6.45, 7) is 1.56. The molecule has 2 rings (SSSR count). The molecule has 0 aliphatic rings. The fraction of sp³-hybridized carbons (Fsp3) is 0.250. The van der Waals surface area contributed by atoms with Crippen LogP contribution in [-0.4, -0.2) is 23.4 Å². The van der Waals surface area contributed by atoms with E-state index in [1.54, 1.807) is 19.1 Å². The Morgan fingerprint density at radius 1 is 1.00 bits per heavy atom. The van der Waals surface area contributed by atoms with Gasteiger partial charge in [-0.25, -0.2) is 8.42 Å². The summed E-state index contributed by atoms with van der Waals surface area (Å²) in [5, 5.41) is 10.2. The first-order valence-electron chi connectivity index (χ1n) is 6.65. The quantitative estimate of drug-likeness (QED) is 0.821. The van der Waals surface area contributed by atoms with Crippen molar-refractivity contribution in [3.8, 4) is 11.1 Å². The molecule has 0 unspecified atom stereocenters. The number of alkyl halides is 1. The van der Waals surface area contributed by atoms with Gasteiger partial charge < -0.3 is 5.11 Å². The maximum Gasteiger partial charge on any atom is 0.165 e. The van der Waals surface area contributed by atoms with Crippen LogP contribution in [0, 0.1) is 0 Å². The molecule has 0 spiro atoms. The average Bonchev–Trinajstić information content (AvgIpc) is 2.54. The van der Waals surface area contributed by atoms with Gasteiger partial charge in [0, 0.05) is 5.75 Å². The monoisotopic (exact) mass is 368 g/mol. The van der Waals surface area contributed by atoms with Crippen LogP contribution in [0.4, 0.5) is 0 Å². The Morgan fingerprint density at radius 2 is 1.52 bits per heavy atom. The van der Waals surface area contributed by atoms with Gasteiger partial charge in [-0.1, -0.05) is 77.5 Å². The van der Waals surface area contributed by atoms with Crippen molar-refractivity contribution in [3.63, 3.8) is 0 Å². The highest BCUT2D eigenvalue weighted by atomic mass is 79.9. The zero-order valence-electron chi connectivity index (χ0n) is 11.6. The van der Waals surface area contributed by atoms with Crippen LogP contribution >= 0.6 is 15.9 Å². The topological polar surface area (TPSA) is 54.4 Å². The second-order valence-corrected chi connectivity index (χ2v) is 8.74. The third kappa shape index (κ3) is 3.73. The molecule has 5 heteroatoms. The Kier molecular flexibility index (Phi) is 5.19. The molecule has 0 aliphatic heterocycles. The van der Waals surface area contributed by atoms with Crippen LogP contribution in [0.25, 0.3) is 11.1 Å². The molecule has 0 radical (unpaired) electrons. The van der Waals surface area contributed by atoms with E-state index >= 15 is 0 Å². The van der Waals surface area contributed by atoms with E-state index in [-0.39, 0.29) is 5.75 Å². The van der Waals surface area contributed by atoms with Crippen LogP contribution in [0.15, 0.2) is 54.6 Å². The second kappa shape index (κ2) is 6.73. The van der Waals surface area contributed by atoms with Crippen molar-refractivity contribution in [1.29, 1.82) is 0 Å². The lowest BCUT2D eigenvalue weighted by molar-refractivity contribution is 0.195. The molecule has 2 aromatic carbocycles. The van der Waals surface area contributed by atoms with Crippen molar-refractivity contribution in [2.75, 3.05) is 5.75 Å². The molecule has 2 atom stereocenters. The smallest absolute Gasteiger partial charge is 0.165 e. The zero-order chi connectivity index (χ0) is 15.5. The lowest BCUT2D eigenvalue weighted by atomic mass is 10.0. The summed E-state index contributed by atoms with van der Waals surface area (Å²) >= 11 is 3.09. The van der Waals surface area contributed by atoms with Crippen molar-refractivity contribution < 1.29 is 13.5 Å². The minimum absolute atomic E-state index is 0.0118. The highest BCUT2D eigenvalue weighted by Crippen LogP contribution is 2.29. The van der Waals surface area contributed by atoms with Gasteiger partial charge in [-0.15, -0.1) is 0 Å². The molecule has 0 aromatic heterocycles. The normalized spacial score (nSPS) is 14.6. The van der Waals surface area contributed by atoms with Gasteiger partial charge in [0.15, 0.2) is 9.84 Å². The number of hydrogen-bond donors (Lipinski definition) is 1. The fourth-order valence-corrected chi connectivity index (χ4v) is 3.98. The molecule has 1 N–H and O–H groups in total. The number of aliphatic hydroxyl groups is 1. The number of halogens is 1. The maximum absolute atomic E-state index is 11.8. The second-order valence-electron chi connectivity index (χ2n) is 4.74. The molecule has 21 heavy (non-hydrogen) atoms. The molecule has 0 saturated heterocycles. The van der Waals surface area contributed by atoms with E-state index < -0.39 is 20.1 Å². The number of hydrogen-bond acceptors (Lipinski definition) is 3. The molecular weight excluding hydrogens is 352 g/mol. The standard InChI is InChI=1S/C16H17BrO3S/c1-2-21(19,20)16(17)15(18)14-10-8-13(9-11-14)12-6-4-3-5-7-12/h3-11,15-16,18H,2H2,1H3/t15-,16+/m0/s1. The van der Waals surface area contributed by atoms with Crippen LogP contribution in [0.2, 0.25) is 0 Å².